The van der Waals surface area contributed by atoms with Gasteiger partial charge in [0.25, 0.3) is 0 Å². The Balaban J connectivity index is 1.67. The number of likely N-dealkylation sites (N-methyl/N-ethyl adjacent to an activating group) is 1. The van der Waals surface area contributed by atoms with Crippen LogP contribution in [0.15, 0.2) is 43.1 Å². The van der Waals surface area contributed by atoms with Gasteiger partial charge in [-0.1, -0.05) is 0 Å². The van der Waals surface area contributed by atoms with E-state index in [0.717, 1.165) is 17.8 Å². The van der Waals surface area contributed by atoms with E-state index in [-0.39, 0.29) is 5.91 Å². The maximum Gasteiger partial charge on any atom is 0.234 e. The van der Waals surface area contributed by atoms with Crippen LogP contribution in [0, 0.1) is 0 Å². The Hall–Kier alpha value is -2.34. The third kappa shape index (κ3) is 5.66. The third-order valence-corrected chi connectivity index (χ3v) is 2.94. The molecule has 2 heterocycles. The van der Waals surface area contributed by atoms with Crippen LogP contribution in [0.2, 0.25) is 0 Å². The van der Waals surface area contributed by atoms with Crippen molar-refractivity contribution in [2.24, 2.45) is 0 Å². The summed E-state index contributed by atoms with van der Waals surface area (Å²) in [4.78, 5) is 25.9. The number of pyridine rings is 1. The predicted molar refractivity (Wildman–Crippen MR) is 79.3 cm³/mol. The summed E-state index contributed by atoms with van der Waals surface area (Å²) in [6.07, 6.45) is 9.19. The van der Waals surface area contributed by atoms with Gasteiger partial charge in [-0.2, -0.15) is 0 Å². The summed E-state index contributed by atoms with van der Waals surface area (Å²) in [7, 11) is 1.92. The van der Waals surface area contributed by atoms with Gasteiger partial charge in [0, 0.05) is 50.5 Å². The van der Waals surface area contributed by atoms with Gasteiger partial charge >= 0.3 is 0 Å². The molecule has 0 aliphatic carbocycles. The van der Waals surface area contributed by atoms with Crippen molar-refractivity contribution in [3.63, 3.8) is 0 Å². The molecule has 6 nitrogen and oxygen atoms in total. The fourth-order valence-electron chi connectivity index (χ4n) is 1.95. The summed E-state index contributed by atoms with van der Waals surface area (Å²) < 4.78 is 0. The Morgan fingerprint density at radius 1 is 1.19 bits per heavy atom. The first kappa shape index (κ1) is 15.1. The molecule has 0 spiro atoms. The molecule has 2 rings (SSSR count). The van der Waals surface area contributed by atoms with Crippen molar-refractivity contribution in [3.05, 3.63) is 54.4 Å². The molecule has 2 aromatic heterocycles. The number of nitrogens with zero attached hydrogens (tertiary/aromatic N) is 4. The topological polar surface area (TPSA) is 71.0 Å². The van der Waals surface area contributed by atoms with Gasteiger partial charge < -0.3 is 5.32 Å². The van der Waals surface area contributed by atoms with Gasteiger partial charge in [-0.3, -0.25) is 24.6 Å². The lowest BCUT2D eigenvalue weighted by molar-refractivity contribution is -0.122. The van der Waals surface area contributed by atoms with E-state index in [4.69, 9.17) is 0 Å². The lowest BCUT2D eigenvalue weighted by Crippen LogP contribution is -2.35. The third-order valence-electron chi connectivity index (χ3n) is 2.94. The van der Waals surface area contributed by atoms with E-state index in [9.17, 15) is 4.79 Å². The normalized spacial score (nSPS) is 10.6. The second-order valence-corrected chi connectivity index (χ2v) is 4.82. The highest BCUT2D eigenvalue weighted by molar-refractivity contribution is 5.77. The number of aromatic nitrogens is 3. The Kier molecular flexibility index (Phi) is 5.78. The van der Waals surface area contributed by atoms with Gasteiger partial charge in [-0.25, -0.2) is 0 Å². The van der Waals surface area contributed by atoms with E-state index in [2.05, 4.69) is 20.3 Å². The fraction of sp³-hybridized carbons (Fsp3) is 0.333. The molecular weight excluding hydrogens is 266 g/mol. The molecule has 2 aromatic rings. The van der Waals surface area contributed by atoms with Crippen LogP contribution in [-0.4, -0.2) is 45.9 Å². The molecule has 0 bridgehead atoms. The average molecular weight is 285 g/mol. The zero-order valence-corrected chi connectivity index (χ0v) is 12.1. The van der Waals surface area contributed by atoms with Gasteiger partial charge in [0.1, 0.15) is 0 Å². The van der Waals surface area contributed by atoms with Crippen molar-refractivity contribution in [2.75, 3.05) is 20.1 Å². The molecule has 0 radical (unpaired) electrons. The molecular formula is C15H19N5O. The van der Waals surface area contributed by atoms with Crippen molar-refractivity contribution < 1.29 is 4.79 Å². The Morgan fingerprint density at radius 2 is 2.00 bits per heavy atom. The molecule has 0 saturated heterocycles. The van der Waals surface area contributed by atoms with Crippen LogP contribution in [0.1, 0.15) is 11.3 Å². The number of hydrogen-bond donors (Lipinski definition) is 1. The summed E-state index contributed by atoms with van der Waals surface area (Å²) in [5.74, 6) is 0.00967. The predicted octanol–water partition coefficient (Wildman–Crippen LogP) is 0.662. The Labute approximate surface area is 124 Å². The standard InChI is InChI=1S/C15H19N5O/c1-20(11-13-2-5-16-6-3-13)12-15(21)19-7-4-14-10-17-8-9-18-14/h2-3,5-6,8-10H,4,7,11-12H2,1H3,(H,19,21). The Bertz CT molecular complexity index is 547. The maximum absolute atomic E-state index is 11.8. The van der Waals surface area contributed by atoms with Crippen LogP contribution >= 0.6 is 0 Å². The van der Waals surface area contributed by atoms with Gasteiger partial charge in [-0.05, 0) is 24.7 Å². The highest BCUT2D eigenvalue weighted by Gasteiger charge is 2.06. The van der Waals surface area contributed by atoms with Crippen molar-refractivity contribution in [1.82, 2.24) is 25.2 Å². The molecule has 21 heavy (non-hydrogen) atoms. The zero-order valence-electron chi connectivity index (χ0n) is 12.1. The van der Waals surface area contributed by atoms with E-state index in [0.29, 0.717) is 19.5 Å². The van der Waals surface area contributed by atoms with Gasteiger partial charge in [0.2, 0.25) is 5.91 Å². The van der Waals surface area contributed by atoms with Crippen molar-refractivity contribution >= 4 is 5.91 Å². The van der Waals surface area contributed by atoms with Crippen molar-refractivity contribution in [3.8, 4) is 0 Å². The zero-order chi connectivity index (χ0) is 14.9. The van der Waals surface area contributed by atoms with Gasteiger partial charge in [-0.15, -0.1) is 0 Å². The minimum absolute atomic E-state index is 0.00967. The van der Waals surface area contributed by atoms with Crippen LogP contribution < -0.4 is 5.32 Å². The number of carbonyl (C=O) groups excluding carboxylic acids is 1. The van der Waals surface area contributed by atoms with Crippen LogP contribution in [0.3, 0.4) is 0 Å². The molecule has 1 amide bonds. The second-order valence-electron chi connectivity index (χ2n) is 4.82. The monoisotopic (exact) mass is 285 g/mol. The fourth-order valence-corrected chi connectivity index (χ4v) is 1.95. The first-order valence-corrected chi connectivity index (χ1v) is 6.83. The van der Waals surface area contributed by atoms with Gasteiger partial charge in [0.15, 0.2) is 0 Å². The van der Waals surface area contributed by atoms with Crippen LogP contribution in [-0.2, 0) is 17.8 Å². The molecule has 6 heteroatoms. The van der Waals surface area contributed by atoms with E-state index in [1.807, 2.05) is 24.1 Å². The second kappa shape index (κ2) is 8.06. The first-order valence-electron chi connectivity index (χ1n) is 6.83. The SMILES string of the molecule is CN(CC(=O)NCCc1cnccn1)Cc1ccncc1. The number of amides is 1. The van der Waals surface area contributed by atoms with E-state index in [1.54, 1.807) is 31.0 Å². The minimum atomic E-state index is 0.00967. The molecule has 0 saturated carbocycles. The largest absolute Gasteiger partial charge is 0.355 e. The molecule has 0 aromatic carbocycles. The molecule has 0 atom stereocenters. The maximum atomic E-state index is 11.8. The highest BCUT2D eigenvalue weighted by atomic mass is 16.2. The number of nitrogens with one attached hydrogen (secondary N) is 1. The smallest absolute Gasteiger partial charge is 0.234 e. The molecule has 1 N–H and O–H groups in total. The summed E-state index contributed by atoms with van der Waals surface area (Å²) in [6, 6.07) is 3.89. The minimum Gasteiger partial charge on any atom is -0.355 e. The van der Waals surface area contributed by atoms with Crippen LogP contribution in [0.5, 0.6) is 0 Å². The summed E-state index contributed by atoms with van der Waals surface area (Å²) in [5, 5.41) is 2.89. The van der Waals surface area contributed by atoms with Gasteiger partial charge in [0.05, 0.1) is 12.2 Å². The van der Waals surface area contributed by atoms with Crippen LogP contribution in [0.4, 0.5) is 0 Å². The number of carbonyl (C=O) groups is 1. The molecule has 0 aliphatic heterocycles. The summed E-state index contributed by atoms with van der Waals surface area (Å²) >= 11 is 0. The lowest BCUT2D eigenvalue weighted by atomic mass is 10.2. The lowest BCUT2D eigenvalue weighted by Gasteiger charge is -2.16. The molecule has 0 unspecified atom stereocenters. The summed E-state index contributed by atoms with van der Waals surface area (Å²) in [6.45, 7) is 1.66. The van der Waals surface area contributed by atoms with Crippen molar-refractivity contribution in [2.45, 2.75) is 13.0 Å². The first-order chi connectivity index (χ1) is 10.2. The molecule has 110 valence electrons. The summed E-state index contributed by atoms with van der Waals surface area (Å²) in [5.41, 5.74) is 2.02. The molecule has 0 aliphatic rings. The van der Waals surface area contributed by atoms with E-state index >= 15 is 0 Å². The number of rotatable bonds is 7. The van der Waals surface area contributed by atoms with E-state index < -0.39 is 0 Å². The van der Waals surface area contributed by atoms with Crippen LogP contribution in [0.25, 0.3) is 0 Å². The highest BCUT2D eigenvalue weighted by Crippen LogP contribution is 2.00. The average Bonchev–Trinajstić information content (AvgIpc) is 2.49. The Morgan fingerprint density at radius 3 is 2.71 bits per heavy atom. The quantitative estimate of drug-likeness (QED) is 0.809. The van der Waals surface area contributed by atoms with Crippen molar-refractivity contribution in [1.29, 1.82) is 0 Å². The number of hydrogen-bond acceptors (Lipinski definition) is 5. The van der Waals surface area contributed by atoms with E-state index in [1.165, 1.54) is 0 Å². The molecule has 0 fully saturated rings.